The van der Waals surface area contributed by atoms with Crippen molar-refractivity contribution in [1.82, 2.24) is 0 Å². The third-order valence-corrected chi connectivity index (χ3v) is 12.2. The predicted octanol–water partition coefficient (Wildman–Crippen LogP) is -3.33. The molecule has 1 aliphatic carbocycles. The van der Waals surface area contributed by atoms with Crippen molar-refractivity contribution in [3.63, 3.8) is 0 Å². The van der Waals surface area contributed by atoms with E-state index in [1.807, 2.05) is 0 Å². The summed E-state index contributed by atoms with van der Waals surface area (Å²) >= 11 is 0. The normalized spacial score (nSPS) is 19.4. The number of allylic oxidation sites excluding steroid dienone is 4. The van der Waals surface area contributed by atoms with Crippen LogP contribution in [0.15, 0.2) is 59.2 Å². The van der Waals surface area contributed by atoms with Gasteiger partial charge >= 0.3 is 21.7 Å². The minimum atomic E-state index is -2.12. The molecule has 1 aliphatic rings. The molecule has 0 aromatic heterocycles. The van der Waals surface area contributed by atoms with E-state index in [1.54, 1.807) is 0 Å². The smallest absolute Gasteiger partial charge is 1.00 e. The first-order valence-corrected chi connectivity index (χ1v) is 12.1. The molecule has 0 bridgehead atoms. The van der Waals surface area contributed by atoms with Gasteiger partial charge in [0, 0.05) is 0 Å². The second-order valence-corrected chi connectivity index (χ2v) is 12.9. The molecule has 0 spiro atoms. The molecule has 2 aromatic carbocycles. The van der Waals surface area contributed by atoms with E-state index in [4.69, 9.17) is 0 Å². The molecule has 0 nitrogen and oxygen atoms in total. The van der Waals surface area contributed by atoms with Crippen LogP contribution < -0.4 is 47.6 Å². The van der Waals surface area contributed by atoms with Crippen LogP contribution in [0.4, 0.5) is 0 Å². The molecule has 0 saturated heterocycles. The van der Waals surface area contributed by atoms with Crippen molar-refractivity contribution in [2.24, 2.45) is 0 Å². The minimum Gasteiger partial charge on any atom is -1.00 e. The molecule has 5 heteroatoms. The third kappa shape index (κ3) is 5.20. The van der Waals surface area contributed by atoms with Crippen molar-refractivity contribution in [3.05, 3.63) is 82.0 Å². The molecule has 0 radical (unpaired) electrons. The van der Waals surface area contributed by atoms with E-state index in [-0.39, 0.29) is 64.0 Å². The summed E-state index contributed by atoms with van der Waals surface area (Å²) in [5, 5.41) is 2.97. The van der Waals surface area contributed by atoms with Crippen LogP contribution in [0.2, 0.25) is 11.6 Å². The van der Waals surface area contributed by atoms with Gasteiger partial charge in [-0.2, -0.15) is 11.1 Å². The molecule has 3 rings (SSSR count). The van der Waals surface area contributed by atoms with E-state index in [1.165, 1.54) is 43.8 Å². The zero-order valence-corrected chi connectivity index (χ0v) is 24.0. The zero-order valence-electron chi connectivity index (χ0n) is 19.2. The number of halogens is 3. The first kappa shape index (κ1) is 31.9. The Kier molecular flexibility index (Phi) is 12.3. The van der Waals surface area contributed by atoms with Crippen LogP contribution >= 0.6 is 0 Å². The van der Waals surface area contributed by atoms with Crippen LogP contribution in [0.5, 0.6) is 0 Å². The van der Waals surface area contributed by atoms with Gasteiger partial charge in [-0.15, -0.1) is 6.92 Å². The maximum Gasteiger partial charge on any atom is 4.00 e. The largest absolute Gasteiger partial charge is 4.00 e. The Balaban J connectivity index is 0. The first-order chi connectivity index (χ1) is 12.1. The summed E-state index contributed by atoms with van der Waals surface area (Å²) in [4.78, 5) is 0. The van der Waals surface area contributed by atoms with Gasteiger partial charge in [-0.25, -0.2) is 5.57 Å². The molecule has 2 aromatic rings. The number of hydrogen-bond donors (Lipinski definition) is 0. The second kappa shape index (κ2) is 11.5. The molecule has 0 fully saturated rings. The molecule has 0 heterocycles. The van der Waals surface area contributed by atoms with E-state index in [0.717, 1.165) is 0 Å². The Labute approximate surface area is 218 Å². The van der Waals surface area contributed by atoms with Crippen LogP contribution in [0.1, 0.15) is 44.4 Å². The number of benzene rings is 2. The van der Waals surface area contributed by atoms with Crippen molar-refractivity contribution < 1.29 is 58.9 Å². The molecule has 2 unspecified atom stereocenters. The van der Waals surface area contributed by atoms with Crippen LogP contribution in [0.3, 0.4) is 0 Å². The molecule has 0 saturated carbocycles. The summed E-state index contributed by atoms with van der Waals surface area (Å²) in [6, 6.07) is 16.4. The fraction of sp³-hybridized carbons (Fsp3) is 0.360. The molecule has 0 amide bonds. The summed E-state index contributed by atoms with van der Waals surface area (Å²) < 4.78 is 0. The van der Waals surface area contributed by atoms with E-state index in [2.05, 4.69) is 104 Å². The number of aryl methyl sites for hydroxylation is 3. The van der Waals surface area contributed by atoms with Gasteiger partial charge in [0.15, 0.2) is 0 Å². The molecule has 0 N–H and O–H groups in total. The van der Waals surface area contributed by atoms with Crippen LogP contribution in [-0.2, 0) is 21.7 Å². The fourth-order valence-electron chi connectivity index (χ4n) is 4.61. The number of hydrogen-bond acceptors (Lipinski definition) is 0. The maximum atomic E-state index is 3.93. The van der Waals surface area contributed by atoms with Gasteiger partial charge in [0.1, 0.15) is 8.07 Å². The molecule has 160 valence electrons. The summed E-state index contributed by atoms with van der Waals surface area (Å²) in [7, 11) is -2.12. The molecule has 2 atom stereocenters. The van der Waals surface area contributed by atoms with Crippen LogP contribution in [-0.4, -0.2) is 8.07 Å². The average Bonchev–Trinajstić information content (AvgIpc) is 2.78. The number of rotatable bonds is 3. The van der Waals surface area contributed by atoms with Crippen molar-refractivity contribution in [1.29, 1.82) is 0 Å². The van der Waals surface area contributed by atoms with E-state index >= 15 is 0 Å². The fourth-order valence-corrected chi connectivity index (χ4v) is 9.34. The van der Waals surface area contributed by atoms with Crippen molar-refractivity contribution >= 4 is 18.4 Å². The Bertz CT molecular complexity index is 914. The monoisotopic (exact) mass is 512 g/mol. The Morgan fingerprint density at radius 2 is 1.17 bits per heavy atom. The van der Waals surface area contributed by atoms with E-state index in [0.29, 0.717) is 0 Å². The predicted molar refractivity (Wildman–Crippen MR) is 117 cm³/mol. The van der Waals surface area contributed by atoms with Gasteiger partial charge < -0.3 is 37.2 Å². The Hall–Kier alpha value is -0.279. The van der Waals surface area contributed by atoms with Crippen LogP contribution in [0, 0.1) is 26.8 Å². The van der Waals surface area contributed by atoms with Crippen molar-refractivity contribution in [3.8, 4) is 0 Å². The second-order valence-electron chi connectivity index (χ2n) is 8.49. The van der Waals surface area contributed by atoms with Gasteiger partial charge in [-0.3, -0.25) is 6.08 Å². The molecular formula is C25H31Cl3SiTi. The maximum absolute atomic E-state index is 3.93. The Morgan fingerprint density at radius 3 is 1.57 bits per heavy atom. The first-order valence-electron chi connectivity index (χ1n) is 9.55. The van der Waals surface area contributed by atoms with Crippen molar-refractivity contribution in [2.75, 3.05) is 0 Å². The zero-order chi connectivity index (χ0) is 19.3. The molecule has 30 heavy (non-hydrogen) atoms. The van der Waals surface area contributed by atoms with Gasteiger partial charge in [0.05, 0.1) is 0 Å². The summed E-state index contributed by atoms with van der Waals surface area (Å²) in [5.74, 6) is 0. The summed E-state index contributed by atoms with van der Waals surface area (Å²) in [6.45, 7) is 18.4. The van der Waals surface area contributed by atoms with Gasteiger partial charge in [-0.1, -0.05) is 102 Å². The standard InChI is InChI=1S/C25H31Si.3ClH.Ti/c1-17-9-11-23(12-10-17)26(8,24-14-18(2)13-19(3)15-24)25(7)16-20(4)21(5)22(25)6;;;;/h9-15H,1-8H3;3*1H;/q-1;;;;+4/p-3. The third-order valence-electron chi connectivity index (χ3n) is 6.74. The Morgan fingerprint density at radius 1 is 0.700 bits per heavy atom. The van der Waals surface area contributed by atoms with Gasteiger partial charge in [-0.05, 0) is 20.8 Å². The van der Waals surface area contributed by atoms with Crippen LogP contribution in [0.25, 0.3) is 0 Å². The topological polar surface area (TPSA) is 0 Å². The molecular weight excluding hydrogens is 483 g/mol. The van der Waals surface area contributed by atoms with Gasteiger partial charge in [0.2, 0.25) is 0 Å². The summed E-state index contributed by atoms with van der Waals surface area (Å²) in [6.07, 6.45) is 3.93. The quantitative estimate of drug-likeness (QED) is 0.298. The average molecular weight is 514 g/mol. The van der Waals surface area contributed by atoms with E-state index in [9.17, 15) is 0 Å². The molecule has 0 aliphatic heterocycles. The SMILES string of the molecule is CC1=[C-]C(C)([Si](C)(c2ccc(C)cc2)c2cc(C)cc(C)c2)C(C)=C1C.[Cl-].[Cl-].[Cl-].[Ti+4]. The minimum absolute atomic E-state index is 0. The summed E-state index contributed by atoms with van der Waals surface area (Å²) in [5.41, 5.74) is 8.26. The van der Waals surface area contributed by atoms with Crippen molar-refractivity contribution in [2.45, 2.75) is 60.1 Å². The van der Waals surface area contributed by atoms with E-state index < -0.39 is 8.07 Å². The van der Waals surface area contributed by atoms with Gasteiger partial charge in [0.25, 0.3) is 0 Å².